The molecule has 0 aliphatic rings. The minimum atomic E-state index is -0.945. The van der Waals surface area contributed by atoms with Crippen LogP contribution >= 0.6 is 0 Å². The molecule has 1 N–H and O–H groups in total. The largest absolute Gasteiger partial charge is 0.550 e. The smallest absolute Gasteiger partial charge is 0.102 e. The van der Waals surface area contributed by atoms with E-state index in [1.54, 1.807) is 0 Å². The quantitative estimate of drug-likeness (QED) is 0.497. The second-order valence-electron chi connectivity index (χ2n) is 6.28. The van der Waals surface area contributed by atoms with Crippen molar-refractivity contribution in [2.24, 2.45) is 5.92 Å². The number of aliphatic hydroxyl groups excluding tert-OH is 1. The summed E-state index contributed by atoms with van der Waals surface area (Å²) in [6, 6.07) is 0. The Hall–Kier alpha value is -0.870. The van der Waals surface area contributed by atoms with Crippen LogP contribution in [0.1, 0.15) is 60.8 Å². The van der Waals surface area contributed by atoms with Crippen molar-refractivity contribution < 1.29 is 19.5 Å². The van der Waals surface area contributed by atoms with E-state index < -0.39 is 5.97 Å². The van der Waals surface area contributed by atoms with E-state index in [2.05, 4.69) is 26.8 Å². The average molecular weight is 315 g/mol. The molecule has 22 heavy (non-hydrogen) atoms. The van der Waals surface area contributed by atoms with Crippen molar-refractivity contribution in [1.82, 2.24) is 0 Å². The lowest BCUT2D eigenvalue weighted by atomic mass is 10.0. The molecule has 0 aromatic heterocycles. The minimum Gasteiger partial charge on any atom is -0.550 e. The molecule has 0 saturated heterocycles. The molecule has 1 unspecified atom stereocenters. The fourth-order valence-corrected chi connectivity index (χ4v) is 2.40. The predicted octanol–water partition coefficient (Wildman–Crippen LogP) is 2.36. The lowest BCUT2D eigenvalue weighted by molar-refractivity contribution is -0.923. The number of quaternary nitrogens is 1. The molecule has 0 amide bonds. The molecule has 0 spiro atoms. The summed E-state index contributed by atoms with van der Waals surface area (Å²) in [5.41, 5.74) is 1.29. The topological polar surface area (TPSA) is 60.4 Å². The summed E-state index contributed by atoms with van der Waals surface area (Å²) >= 11 is 0. The van der Waals surface area contributed by atoms with E-state index in [1.807, 2.05) is 20.8 Å². The van der Waals surface area contributed by atoms with Gasteiger partial charge >= 0.3 is 0 Å². The Bertz CT molecular complexity index is 297. The molecule has 0 heterocycles. The second-order valence-corrected chi connectivity index (χ2v) is 6.28. The summed E-state index contributed by atoms with van der Waals surface area (Å²) in [7, 11) is 0. The summed E-state index contributed by atoms with van der Waals surface area (Å²) < 4.78 is 1.05. The number of hydrogen-bond donors (Lipinski definition) is 1. The van der Waals surface area contributed by atoms with Gasteiger partial charge < -0.3 is 19.5 Å². The third kappa shape index (κ3) is 12.8. The molecule has 0 rings (SSSR count). The van der Waals surface area contributed by atoms with Gasteiger partial charge in [-0.3, -0.25) is 0 Å². The van der Waals surface area contributed by atoms with E-state index in [0.29, 0.717) is 6.61 Å². The highest BCUT2D eigenvalue weighted by molar-refractivity contribution is 5.64. The predicted molar refractivity (Wildman–Crippen MR) is 91.3 cm³/mol. The van der Waals surface area contributed by atoms with Gasteiger partial charge in [-0.1, -0.05) is 18.6 Å². The van der Waals surface area contributed by atoms with Gasteiger partial charge in [-0.2, -0.15) is 0 Å². The maximum Gasteiger partial charge on any atom is 0.102 e. The van der Waals surface area contributed by atoms with Crippen LogP contribution in [-0.4, -0.2) is 48.3 Å². The van der Waals surface area contributed by atoms with Crippen LogP contribution in [0.3, 0.4) is 0 Å². The molecule has 0 bridgehead atoms. The third-order valence-corrected chi connectivity index (χ3v) is 4.31. The molecular weight excluding hydrogens is 278 g/mol. The Morgan fingerprint density at radius 1 is 1.18 bits per heavy atom. The number of rotatable bonds is 10. The lowest BCUT2D eigenvalue weighted by Gasteiger charge is -2.34. The Morgan fingerprint density at radius 3 is 1.95 bits per heavy atom. The zero-order valence-electron chi connectivity index (χ0n) is 15.5. The fraction of sp³-hybridized carbons (Fsp3) is 0.833. The molecule has 1 atom stereocenters. The van der Waals surface area contributed by atoms with Gasteiger partial charge in [0.2, 0.25) is 0 Å². The first-order valence-corrected chi connectivity index (χ1v) is 8.56. The van der Waals surface area contributed by atoms with E-state index in [-0.39, 0.29) is 12.3 Å². The first-order chi connectivity index (χ1) is 10.3. The van der Waals surface area contributed by atoms with Crippen LogP contribution in [0.2, 0.25) is 0 Å². The second kappa shape index (κ2) is 13.8. The van der Waals surface area contributed by atoms with Crippen LogP contribution in [0.15, 0.2) is 11.6 Å². The van der Waals surface area contributed by atoms with Gasteiger partial charge in [-0.05, 0) is 59.8 Å². The average Bonchev–Trinajstić information content (AvgIpc) is 2.44. The van der Waals surface area contributed by atoms with Crippen molar-refractivity contribution in [2.75, 3.05) is 32.8 Å². The molecule has 0 radical (unpaired) electrons. The van der Waals surface area contributed by atoms with Crippen LogP contribution in [0.4, 0.5) is 0 Å². The van der Waals surface area contributed by atoms with Crippen molar-refractivity contribution in [3.8, 4) is 0 Å². The number of hydrogen-bond acceptors (Lipinski definition) is 3. The molecule has 0 aromatic carbocycles. The minimum absolute atomic E-state index is 0.177. The van der Waals surface area contributed by atoms with Crippen molar-refractivity contribution in [3.63, 3.8) is 0 Å². The van der Waals surface area contributed by atoms with Gasteiger partial charge in [-0.25, -0.2) is 0 Å². The van der Waals surface area contributed by atoms with Crippen LogP contribution in [0.5, 0.6) is 0 Å². The highest BCUT2D eigenvalue weighted by Crippen LogP contribution is 2.10. The van der Waals surface area contributed by atoms with E-state index in [1.165, 1.54) is 5.57 Å². The van der Waals surface area contributed by atoms with Crippen LogP contribution < -0.4 is 5.11 Å². The molecule has 4 heteroatoms. The Balaban J connectivity index is 0. The summed E-state index contributed by atoms with van der Waals surface area (Å²) in [6.45, 7) is 17.2. The van der Waals surface area contributed by atoms with Crippen LogP contribution in [0, 0.1) is 5.92 Å². The van der Waals surface area contributed by atoms with Gasteiger partial charge in [0, 0.05) is 5.97 Å². The molecule has 4 nitrogen and oxygen atoms in total. The first-order valence-electron chi connectivity index (χ1n) is 8.56. The fourth-order valence-electron chi connectivity index (χ4n) is 2.40. The number of allylic oxidation sites excluding steroid dienone is 2. The van der Waals surface area contributed by atoms with Gasteiger partial charge in [0.05, 0.1) is 26.2 Å². The molecule has 0 saturated carbocycles. The SMILES string of the molecule is CC(C)=CCCC(C)CC(=O)[O-].CC[N+](CC)(CC)CCO. The number of aliphatic carboxylic acids is 1. The first kappa shape index (κ1) is 23.4. The van der Waals surface area contributed by atoms with Gasteiger partial charge in [0.1, 0.15) is 6.54 Å². The summed E-state index contributed by atoms with van der Waals surface area (Å²) in [6.07, 6.45) is 4.21. The number of carboxylic acid groups (broad SMARTS) is 1. The van der Waals surface area contributed by atoms with Crippen molar-refractivity contribution in [3.05, 3.63) is 11.6 Å². The lowest BCUT2D eigenvalue weighted by Crippen LogP contribution is -2.49. The van der Waals surface area contributed by atoms with Crippen LogP contribution in [-0.2, 0) is 4.79 Å². The van der Waals surface area contributed by atoms with Crippen molar-refractivity contribution in [1.29, 1.82) is 0 Å². The zero-order valence-corrected chi connectivity index (χ0v) is 15.5. The Labute approximate surface area is 137 Å². The van der Waals surface area contributed by atoms with Crippen molar-refractivity contribution >= 4 is 5.97 Å². The van der Waals surface area contributed by atoms with E-state index in [9.17, 15) is 9.90 Å². The van der Waals surface area contributed by atoms with E-state index >= 15 is 0 Å². The zero-order chi connectivity index (χ0) is 17.6. The Morgan fingerprint density at radius 2 is 1.68 bits per heavy atom. The van der Waals surface area contributed by atoms with Gasteiger partial charge in [0.15, 0.2) is 0 Å². The molecular formula is C18H37NO3. The normalized spacial score (nSPS) is 12.1. The highest BCUT2D eigenvalue weighted by atomic mass is 16.4. The number of carbonyl (C=O) groups excluding carboxylic acids is 1. The van der Waals surface area contributed by atoms with E-state index in [4.69, 9.17) is 5.11 Å². The number of carbonyl (C=O) groups is 1. The third-order valence-electron chi connectivity index (χ3n) is 4.31. The molecule has 0 aromatic rings. The number of carboxylic acids is 1. The van der Waals surface area contributed by atoms with Crippen LogP contribution in [0.25, 0.3) is 0 Å². The Kier molecular flexibility index (Phi) is 14.6. The standard InChI is InChI=1S/C10H18O2.C8H20NO/c1-8(2)5-4-6-9(3)7-10(11)12;1-4-9(5-2,6-3)7-8-10/h5,9H,4,6-7H2,1-3H3,(H,11,12);10H,4-8H2,1-3H3/q;+1/p-1. The maximum absolute atomic E-state index is 10.2. The number of aliphatic hydroxyl groups is 1. The molecule has 0 aliphatic carbocycles. The molecule has 0 aliphatic heterocycles. The number of likely N-dealkylation sites (N-methyl/N-ethyl adjacent to an activating group) is 1. The molecule has 132 valence electrons. The van der Waals surface area contributed by atoms with Crippen molar-refractivity contribution in [2.45, 2.75) is 60.8 Å². The monoisotopic (exact) mass is 315 g/mol. The maximum atomic E-state index is 10.2. The summed E-state index contributed by atoms with van der Waals surface area (Å²) in [5.74, 6) is -0.717. The summed E-state index contributed by atoms with van der Waals surface area (Å²) in [5, 5.41) is 19.0. The van der Waals surface area contributed by atoms with E-state index in [0.717, 1.165) is 43.5 Å². The van der Waals surface area contributed by atoms with Gasteiger partial charge in [0.25, 0.3) is 0 Å². The molecule has 0 fully saturated rings. The summed E-state index contributed by atoms with van der Waals surface area (Å²) in [4.78, 5) is 10.2. The highest BCUT2D eigenvalue weighted by Gasteiger charge is 2.18. The van der Waals surface area contributed by atoms with Gasteiger partial charge in [-0.15, -0.1) is 0 Å². The number of nitrogens with zero attached hydrogens (tertiary/aromatic N) is 1.